The van der Waals surface area contributed by atoms with Crippen LogP contribution in [0.4, 0.5) is 4.79 Å². The van der Waals surface area contributed by atoms with Gasteiger partial charge >= 0.3 is 6.03 Å². The summed E-state index contributed by atoms with van der Waals surface area (Å²) >= 11 is 0. The van der Waals surface area contributed by atoms with E-state index in [0.29, 0.717) is 13.1 Å². The Morgan fingerprint density at radius 3 is 2.22 bits per heavy atom. The van der Waals surface area contributed by atoms with Crippen LogP contribution >= 0.6 is 0 Å². The molecule has 144 valence electrons. The second kappa shape index (κ2) is 8.10. The second-order valence-corrected chi connectivity index (χ2v) is 8.90. The molecule has 0 atom stereocenters. The van der Waals surface area contributed by atoms with E-state index in [1.165, 1.54) is 4.90 Å². The summed E-state index contributed by atoms with van der Waals surface area (Å²) in [5.41, 5.74) is 1.75. The van der Waals surface area contributed by atoms with Crippen molar-refractivity contribution >= 4 is 16.1 Å². The summed E-state index contributed by atoms with van der Waals surface area (Å²) in [7, 11) is -1.87. The standard InChI is InChI=1S/C20H25N3O3S/c1-17-8-10-19(11-9-17)27(25,26)23(16-18-6-4-3-5-7-18)20(24)22-14-12-21(2)13-15-22/h3-11H,12-16H2,1-2H3/p+1. The topological polar surface area (TPSA) is 62.1 Å². The van der Waals surface area contributed by atoms with Gasteiger partial charge in [0.05, 0.1) is 44.7 Å². The molecule has 0 saturated carbocycles. The first-order valence-electron chi connectivity index (χ1n) is 9.11. The number of piperazine rings is 1. The lowest BCUT2D eigenvalue weighted by Gasteiger charge is -2.34. The van der Waals surface area contributed by atoms with Gasteiger partial charge < -0.3 is 9.80 Å². The molecule has 0 radical (unpaired) electrons. The normalized spacial score (nSPS) is 15.6. The van der Waals surface area contributed by atoms with Crippen molar-refractivity contribution in [3.8, 4) is 0 Å². The van der Waals surface area contributed by atoms with Crippen LogP contribution in [0, 0.1) is 6.92 Å². The van der Waals surface area contributed by atoms with Gasteiger partial charge in [0.15, 0.2) is 0 Å². The van der Waals surface area contributed by atoms with Crippen molar-refractivity contribution in [1.29, 1.82) is 0 Å². The SMILES string of the molecule is Cc1ccc(S(=O)(=O)N(Cc2ccccc2)C(=O)N2CC[NH+](C)CC2)cc1. The zero-order valence-corrected chi connectivity index (χ0v) is 16.6. The van der Waals surface area contributed by atoms with Crippen molar-refractivity contribution in [2.45, 2.75) is 18.4 Å². The van der Waals surface area contributed by atoms with E-state index in [0.717, 1.165) is 28.5 Å². The number of benzene rings is 2. The maximum Gasteiger partial charge on any atom is 0.334 e. The van der Waals surface area contributed by atoms with Gasteiger partial charge in [0.25, 0.3) is 10.0 Å². The summed E-state index contributed by atoms with van der Waals surface area (Å²) in [6, 6.07) is 15.4. The van der Waals surface area contributed by atoms with Crippen molar-refractivity contribution < 1.29 is 18.1 Å². The van der Waals surface area contributed by atoms with E-state index in [-0.39, 0.29) is 11.4 Å². The molecular formula is C20H26N3O3S+. The van der Waals surface area contributed by atoms with Crippen molar-refractivity contribution in [2.75, 3.05) is 33.2 Å². The van der Waals surface area contributed by atoms with E-state index in [4.69, 9.17) is 0 Å². The molecule has 2 aromatic rings. The number of hydrogen-bond acceptors (Lipinski definition) is 3. The Hall–Kier alpha value is -2.38. The number of rotatable bonds is 4. The molecule has 0 unspecified atom stereocenters. The number of likely N-dealkylation sites (N-methyl/N-ethyl adjacent to an activating group) is 1. The highest BCUT2D eigenvalue weighted by Gasteiger charge is 2.34. The van der Waals surface area contributed by atoms with Crippen LogP contribution in [-0.4, -0.2) is 56.9 Å². The van der Waals surface area contributed by atoms with E-state index in [2.05, 4.69) is 7.05 Å². The number of urea groups is 1. The van der Waals surface area contributed by atoms with Gasteiger partial charge in [0, 0.05) is 0 Å². The minimum atomic E-state index is -3.94. The van der Waals surface area contributed by atoms with E-state index >= 15 is 0 Å². The maximum atomic E-state index is 13.3. The van der Waals surface area contributed by atoms with Gasteiger partial charge in [0.1, 0.15) is 0 Å². The van der Waals surface area contributed by atoms with Crippen molar-refractivity contribution in [3.05, 3.63) is 65.7 Å². The van der Waals surface area contributed by atoms with Crippen LogP contribution in [0.5, 0.6) is 0 Å². The van der Waals surface area contributed by atoms with Crippen LogP contribution in [0.2, 0.25) is 0 Å². The van der Waals surface area contributed by atoms with Gasteiger partial charge in [0.2, 0.25) is 0 Å². The molecular weight excluding hydrogens is 362 g/mol. The zero-order valence-electron chi connectivity index (χ0n) is 15.8. The number of amides is 2. The fourth-order valence-electron chi connectivity index (χ4n) is 3.08. The highest BCUT2D eigenvalue weighted by atomic mass is 32.2. The molecule has 0 spiro atoms. The Kier molecular flexibility index (Phi) is 5.82. The lowest BCUT2D eigenvalue weighted by Crippen LogP contribution is -3.12. The number of aryl methyl sites for hydroxylation is 1. The molecule has 0 aliphatic carbocycles. The van der Waals surface area contributed by atoms with E-state index in [1.807, 2.05) is 37.3 Å². The van der Waals surface area contributed by atoms with Gasteiger partial charge in [-0.2, -0.15) is 0 Å². The largest absolute Gasteiger partial charge is 0.334 e. The zero-order chi connectivity index (χ0) is 19.4. The van der Waals surface area contributed by atoms with Crippen LogP contribution in [0.15, 0.2) is 59.5 Å². The fourth-order valence-corrected chi connectivity index (χ4v) is 4.45. The molecule has 1 N–H and O–H groups in total. The number of hydrogen-bond donors (Lipinski definition) is 1. The number of quaternary nitrogens is 1. The summed E-state index contributed by atoms with van der Waals surface area (Å²) < 4.78 is 27.5. The molecule has 0 bridgehead atoms. The molecule has 1 fully saturated rings. The first-order chi connectivity index (χ1) is 12.9. The quantitative estimate of drug-likeness (QED) is 0.854. The van der Waals surface area contributed by atoms with Gasteiger partial charge in [-0.05, 0) is 24.6 Å². The molecule has 2 aromatic carbocycles. The minimum absolute atomic E-state index is 0.0229. The third kappa shape index (κ3) is 4.48. The Morgan fingerprint density at radius 1 is 1.04 bits per heavy atom. The molecule has 1 aliphatic rings. The van der Waals surface area contributed by atoms with Crippen LogP contribution < -0.4 is 4.90 Å². The van der Waals surface area contributed by atoms with Gasteiger partial charge in [-0.25, -0.2) is 17.5 Å². The molecule has 3 rings (SSSR count). The molecule has 27 heavy (non-hydrogen) atoms. The average Bonchev–Trinajstić information content (AvgIpc) is 2.67. The van der Waals surface area contributed by atoms with E-state index in [9.17, 15) is 13.2 Å². The first kappa shape index (κ1) is 19.4. The average molecular weight is 389 g/mol. The van der Waals surface area contributed by atoms with Crippen LogP contribution in [0.25, 0.3) is 0 Å². The Bertz CT molecular complexity index is 874. The number of nitrogens with one attached hydrogen (secondary N) is 1. The monoisotopic (exact) mass is 388 g/mol. The Balaban J connectivity index is 1.93. The minimum Gasteiger partial charge on any atom is -0.334 e. The fraction of sp³-hybridized carbons (Fsp3) is 0.350. The molecule has 2 amide bonds. The molecule has 0 aromatic heterocycles. The predicted octanol–water partition coefficient (Wildman–Crippen LogP) is 1.14. The van der Waals surface area contributed by atoms with Crippen molar-refractivity contribution in [2.24, 2.45) is 0 Å². The summed E-state index contributed by atoms with van der Waals surface area (Å²) in [5, 5.41) is 0. The molecule has 1 heterocycles. The first-order valence-corrected chi connectivity index (χ1v) is 10.6. The van der Waals surface area contributed by atoms with Gasteiger partial charge in [-0.3, -0.25) is 0 Å². The smallest absolute Gasteiger partial charge is 0.334 e. The summed E-state index contributed by atoms with van der Waals surface area (Å²) in [4.78, 5) is 16.3. The number of carbonyl (C=O) groups is 1. The predicted molar refractivity (Wildman–Crippen MR) is 104 cm³/mol. The third-order valence-electron chi connectivity index (χ3n) is 4.88. The highest BCUT2D eigenvalue weighted by molar-refractivity contribution is 7.89. The second-order valence-electron chi connectivity index (χ2n) is 7.04. The number of nitrogens with zero attached hydrogens (tertiary/aromatic N) is 2. The van der Waals surface area contributed by atoms with E-state index in [1.54, 1.807) is 29.2 Å². The summed E-state index contributed by atoms with van der Waals surface area (Å²) in [6.45, 7) is 4.66. The molecule has 1 aliphatic heterocycles. The Morgan fingerprint density at radius 2 is 1.63 bits per heavy atom. The third-order valence-corrected chi connectivity index (χ3v) is 6.61. The Labute approximate surface area is 161 Å². The van der Waals surface area contributed by atoms with Crippen LogP contribution in [0.1, 0.15) is 11.1 Å². The molecule has 1 saturated heterocycles. The lowest BCUT2D eigenvalue weighted by atomic mass is 10.2. The lowest BCUT2D eigenvalue weighted by molar-refractivity contribution is -0.883. The van der Waals surface area contributed by atoms with E-state index < -0.39 is 16.1 Å². The number of sulfonamides is 1. The van der Waals surface area contributed by atoms with Crippen molar-refractivity contribution in [3.63, 3.8) is 0 Å². The number of carbonyl (C=O) groups excluding carboxylic acids is 1. The van der Waals surface area contributed by atoms with Gasteiger partial charge in [-0.15, -0.1) is 0 Å². The van der Waals surface area contributed by atoms with Crippen LogP contribution in [-0.2, 0) is 16.6 Å². The van der Waals surface area contributed by atoms with Crippen LogP contribution in [0.3, 0.4) is 0 Å². The molecule has 6 nitrogen and oxygen atoms in total. The summed E-state index contributed by atoms with van der Waals surface area (Å²) in [6.07, 6.45) is 0. The summed E-state index contributed by atoms with van der Waals surface area (Å²) in [5.74, 6) is 0. The van der Waals surface area contributed by atoms with Gasteiger partial charge in [-0.1, -0.05) is 48.0 Å². The highest BCUT2D eigenvalue weighted by Crippen LogP contribution is 2.21. The maximum absolute atomic E-state index is 13.3. The van der Waals surface area contributed by atoms with Crippen molar-refractivity contribution in [1.82, 2.24) is 9.21 Å². The molecule has 7 heteroatoms.